The number of rotatable bonds is 9. The van der Waals surface area contributed by atoms with Crippen molar-refractivity contribution < 1.29 is 19.8 Å². The number of aliphatic hydroxyl groups is 1. The van der Waals surface area contributed by atoms with Crippen LogP contribution in [-0.4, -0.2) is 40.9 Å². The summed E-state index contributed by atoms with van der Waals surface area (Å²) in [5, 5.41) is 23.9. The molecule has 0 heterocycles. The standard InChI is InChI=1S/C18H27BrN2O4/c1-4-18(2,3)10-14(22)11-20-16(23)15(21-17(24)25)9-12-5-7-13(19)8-6-12/h5-8,14-15,21-22H,4,9-11H2,1-3H3,(H,20,23)(H,24,25). The van der Waals surface area contributed by atoms with E-state index in [-0.39, 0.29) is 18.4 Å². The van der Waals surface area contributed by atoms with E-state index in [2.05, 4.69) is 47.3 Å². The summed E-state index contributed by atoms with van der Waals surface area (Å²) in [6.07, 6.45) is -0.206. The largest absolute Gasteiger partial charge is 0.465 e. The van der Waals surface area contributed by atoms with Crippen LogP contribution < -0.4 is 10.6 Å². The number of carbonyl (C=O) groups excluding carboxylic acids is 1. The topological polar surface area (TPSA) is 98.7 Å². The van der Waals surface area contributed by atoms with Crippen LogP contribution >= 0.6 is 15.9 Å². The molecule has 0 aliphatic heterocycles. The summed E-state index contributed by atoms with van der Waals surface area (Å²) in [5.74, 6) is -0.446. The molecule has 0 spiro atoms. The van der Waals surface area contributed by atoms with Gasteiger partial charge in [-0.15, -0.1) is 0 Å². The van der Waals surface area contributed by atoms with E-state index in [4.69, 9.17) is 5.11 Å². The lowest BCUT2D eigenvalue weighted by atomic mass is 9.84. The number of aliphatic hydroxyl groups excluding tert-OH is 1. The Morgan fingerprint density at radius 1 is 1.24 bits per heavy atom. The average Bonchev–Trinajstić information content (AvgIpc) is 2.53. The summed E-state index contributed by atoms with van der Waals surface area (Å²) < 4.78 is 0.908. The first kappa shape index (κ1) is 21.4. The number of benzene rings is 1. The first-order chi connectivity index (χ1) is 11.6. The third-order valence-corrected chi connectivity index (χ3v) is 4.75. The minimum Gasteiger partial charge on any atom is -0.465 e. The van der Waals surface area contributed by atoms with Crippen LogP contribution in [-0.2, 0) is 11.2 Å². The van der Waals surface area contributed by atoms with Gasteiger partial charge in [-0.25, -0.2) is 4.79 Å². The molecule has 6 nitrogen and oxygen atoms in total. The maximum absolute atomic E-state index is 12.3. The number of halogens is 1. The number of amides is 2. The first-order valence-corrected chi connectivity index (χ1v) is 9.12. The number of hydrogen-bond acceptors (Lipinski definition) is 3. The highest BCUT2D eigenvalue weighted by atomic mass is 79.9. The quantitative estimate of drug-likeness (QED) is 0.499. The molecule has 140 valence electrons. The molecule has 7 heteroatoms. The molecule has 0 fully saturated rings. The van der Waals surface area contributed by atoms with E-state index < -0.39 is 24.1 Å². The van der Waals surface area contributed by atoms with E-state index in [9.17, 15) is 14.7 Å². The van der Waals surface area contributed by atoms with E-state index in [1.165, 1.54) is 0 Å². The van der Waals surface area contributed by atoms with Crippen molar-refractivity contribution in [1.29, 1.82) is 0 Å². The highest BCUT2D eigenvalue weighted by molar-refractivity contribution is 9.10. The van der Waals surface area contributed by atoms with Gasteiger partial charge < -0.3 is 20.8 Å². The van der Waals surface area contributed by atoms with Crippen LogP contribution in [0.1, 0.15) is 39.2 Å². The molecular weight excluding hydrogens is 388 g/mol. The lowest BCUT2D eigenvalue weighted by Crippen LogP contribution is -2.49. The fourth-order valence-corrected chi connectivity index (χ4v) is 2.67. The summed E-state index contributed by atoms with van der Waals surface area (Å²) in [7, 11) is 0. The van der Waals surface area contributed by atoms with Crippen molar-refractivity contribution >= 4 is 27.9 Å². The van der Waals surface area contributed by atoms with Crippen molar-refractivity contribution in [1.82, 2.24) is 10.6 Å². The number of nitrogens with one attached hydrogen (secondary N) is 2. The Hall–Kier alpha value is -1.60. The SMILES string of the molecule is CCC(C)(C)CC(O)CNC(=O)C(Cc1ccc(Br)cc1)NC(=O)O. The van der Waals surface area contributed by atoms with Crippen LogP contribution in [0.5, 0.6) is 0 Å². The molecule has 0 radical (unpaired) electrons. The van der Waals surface area contributed by atoms with Gasteiger partial charge in [0.15, 0.2) is 0 Å². The Labute approximate surface area is 157 Å². The second kappa shape index (κ2) is 9.77. The molecule has 2 atom stereocenters. The van der Waals surface area contributed by atoms with E-state index in [1.807, 2.05) is 24.3 Å². The summed E-state index contributed by atoms with van der Waals surface area (Å²) >= 11 is 3.33. The average molecular weight is 415 g/mol. The van der Waals surface area contributed by atoms with Crippen molar-refractivity contribution in [2.45, 2.75) is 52.2 Å². The van der Waals surface area contributed by atoms with Gasteiger partial charge in [-0.2, -0.15) is 0 Å². The van der Waals surface area contributed by atoms with Gasteiger partial charge in [0.1, 0.15) is 6.04 Å². The summed E-state index contributed by atoms with van der Waals surface area (Å²) in [5.41, 5.74) is 0.824. The van der Waals surface area contributed by atoms with Crippen molar-refractivity contribution in [3.05, 3.63) is 34.3 Å². The third-order valence-electron chi connectivity index (χ3n) is 4.22. The van der Waals surface area contributed by atoms with Gasteiger partial charge >= 0.3 is 6.09 Å². The van der Waals surface area contributed by atoms with Gasteiger partial charge in [-0.05, 0) is 29.5 Å². The van der Waals surface area contributed by atoms with Crippen LogP contribution in [0.2, 0.25) is 0 Å². The van der Waals surface area contributed by atoms with E-state index in [0.717, 1.165) is 16.5 Å². The number of hydrogen-bond donors (Lipinski definition) is 4. The normalized spacial score (nSPS) is 13.8. The van der Waals surface area contributed by atoms with E-state index >= 15 is 0 Å². The Balaban J connectivity index is 2.64. The predicted octanol–water partition coefficient (Wildman–Crippen LogP) is 2.93. The molecule has 2 unspecified atom stereocenters. The molecule has 2 amide bonds. The van der Waals surface area contributed by atoms with Gasteiger partial charge in [-0.1, -0.05) is 55.3 Å². The van der Waals surface area contributed by atoms with Crippen LogP contribution in [0, 0.1) is 5.41 Å². The van der Waals surface area contributed by atoms with Gasteiger partial charge in [-0.3, -0.25) is 4.79 Å². The number of carboxylic acid groups (broad SMARTS) is 1. The first-order valence-electron chi connectivity index (χ1n) is 8.32. The molecule has 1 aromatic rings. The minimum absolute atomic E-state index is 0.0136. The highest BCUT2D eigenvalue weighted by Crippen LogP contribution is 2.25. The molecule has 0 saturated carbocycles. The molecule has 1 aromatic carbocycles. The fourth-order valence-electron chi connectivity index (χ4n) is 2.41. The van der Waals surface area contributed by atoms with Crippen molar-refractivity contribution in [2.75, 3.05) is 6.54 Å². The van der Waals surface area contributed by atoms with Crippen molar-refractivity contribution in [3.8, 4) is 0 Å². The van der Waals surface area contributed by atoms with E-state index in [0.29, 0.717) is 6.42 Å². The maximum atomic E-state index is 12.3. The van der Waals surface area contributed by atoms with Crippen LogP contribution in [0.25, 0.3) is 0 Å². The molecule has 1 rings (SSSR count). The minimum atomic E-state index is -1.26. The summed E-state index contributed by atoms with van der Waals surface area (Å²) in [4.78, 5) is 23.3. The van der Waals surface area contributed by atoms with Crippen LogP contribution in [0.4, 0.5) is 4.79 Å². The molecule has 0 saturated heterocycles. The molecule has 0 bridgehead atoms. The molecule has 0 aliphatic carbocycles. The zero-order valence-electron chi connectivity index (χ0n) is 14.9. The molecule has 4 N–H and O–H groups in total. The third kappa shape index (κ3) is 8.36. The second-order valence-corrected chi connectivity index (χ2v) is 7.87. The van der Waals surface area contributed by atoms with Gasteiger partial charge in [0, 0.05) is 17.4 Å². The molecule has 0 aliphatic rings. The second-order valence-electron chi connectivity index (χ2n) is 6.95. The summed E-state index contributed by atoms with van der Waals surface area (Å²) in [6, 6.07) is 6.41. The summed E-state index contributed by atoms with van der Waals surface area (Å²) in [6.45, 7) is 6.26. The Bertz CT molecular complexity index is 575. The Morgan fingerprint density at radius 2 is 1.84 bits per heavy atom. The Morgan fingerprint density at radius 3 is 2.36 bits per heavy atom. The lowest BCUT2D eigenvalue weighted by molar-refractivity contribution is -0.123. The molecular formula is C18H27BrN2O4. The zero-order valence-corrected chi connectivity index (χ0v) is 16.5. The number of carbonyl (C=O) groups is 2. The maximum Gasteiger partial charge on any atom is 0.405 e. The van der Waals surface area contributed by atoms with E-state index in [1.54, 1.807) is 0 Å². The monoisotopic (exact) mass is 414 g/mol. The molecule has 0 aromatic heterocycles. The fraction of sp³-hybridized carbons (Fsp3) is 0.556. The lowest BCUT2D eigenvalue weighted by Gasteiger charge is -2.26. The zero-order chi connectivity index (χ0) is 19.0. The van der Waals surface area contributed by atoms with Gasteiger partial charge in [0.25, 0.3) is 0 Å². The molecule has 25 heavy (non-hydrogen) atoms. The van der Waals surface area contributed by atoms with Crippen molar-refractivity contribution in [3.63, 3.8) is 0 Å². The van der Waals surface area contributed by atoms with Gasteiger partial charge in [0.2, 0.25) is 5.91 Å². The highest BCUT2D eigenvalue weighted by Gasteiger charge is 2.24. The Kier molecular flexibility index (Phi) is 8.38. The smallest absolute Gasteiger partial charge is 0.405 e. The van der Waals surface area contributed by atoms with Crippen LogP contribution in [0.3, 0.4) is 0 Å². The van der Waals surface area contributed by atoms with Crippen molar-refractivity contribution in [2.24, 2.45) is 5.41 Å². The predicted molar refractivity (Wildman–Crippen MR) is 101 cm³/mol. The van der Waals surface area contributed by atoms with Crippen LogP contribution in [0.15, 0.2) is 28.7 Å². The van der Waals surface area contributed by atoms with Gasteiger partial charge in [0.05, 0.1) is 6.10 Å².